The average molecular weight is 253 g/mol. The zero-order valence-corrected chi connectivity index (χ0v) is 9.33. The molecular formula is C8H11BrClNO. The quantitative estimate of drug-likeness (QED) is 0.780. The molecular weight excluding hydrogens is 241 g/mol. The van der Waals surface area contributed by atoms with Crippen molar-refractivity contribution in [1.29, 1.82) is 0 Å². The highest BCUT2D eigenvalue weighted by Gasteiger charge is 2.01. The lowest BCUT2D eigenvalue weighted by molar-refractivity contribution is 0.412. The summed E-state index contributed by atoms with van der Waals surface area (Å²) in [5.74, 6) is 0.816. The molecule has 0 aliphatic rings. The number of hydrogen-bond acceptors (Lipinski definition) is 2. The SMILES string of the molecule is COc1cc(C)c(N)cc1Br.Cl. The van der Waals surface area contributed by atoms with Gasteiger partial charge in [-0.1, -0.05) is 0 Å². The van der Waals surface area contributed by atoms with Crippen molar-refractivity contribution in [1.82, 2.24) is 0 Å². The predicted octanol–water partition coefficient (Wildman–Crippen LogP) is 2.77. The van der Waals surface area contributed by atoms with Gasteiger partial charge < -0.3 is 10.5 Å². The Kier molecular flexibility index (Phi) is 4.42. The minimum atomic E-state index is 0. The van der Waals surface area contributed by atoms with Gasteiger partial charge in [-0.15, -0.1) is 12.4 Å². The van der Waals surface area contributed by atoms with Crippen LogP contribution in [0.15, 0.2) is 16.6 Å². The van der Waals surface area contributed by atoms with Gasteiger partial charge in [0.15, 0.2) is 0 Å². The summed E-state index contributed by atoms with van der Waals surface area (Å²) in [6.45, 7) is 1.95. The summed E-state index contributed by atoms with van der Waals surface area (Å²) in [6.07, 6.45) is 0. The molecule has 0 saturated heterocycles. The number of nitrogens with two attached hydrogens (primary N) is 1. The molecule has 0 spiro atoms. The first-order valence-electron chi connectivity index (χ1n) is 3.24. The van der Waals surface area contributed by atoms with Crippen LogP contribution in [0.1, 0.15) is 5.56 Å². The largest absolute Gasteiger partial charge is 0.496 e. The zero-order valence-electron chi connectivity index (χ0n) is 6.93. The van der Waals surface area contributed by atoms with Crippen LogP contribution in [-0.2, 0) is 0 Å². The number of methoxy groups -OCH3 is 1. The van der Waals surface area contributed by atoms with E-state index in [9.17, 15) is 0 Å². The monoisotopic (exact) mass is 251 g/mol. The van der Waals surface area contributed by atoms with Crippen molar-refractivity contribution in [2.24, 2.45) is 0 Å². The van der Waals surface area contributed by atoms with Crippen molar-refractivity contribution in [2.75, 3.05) is 12.8 Å². The van der Waals surface area contributed by atoms with Crippen LogP contribution in [0.4, 0.5) is 5.69 Å². The van der Waals surface area contributed by atoms with Crippen molar-refractivity contribution >= 4 is 34.0 Å². The molecule has 0 aromatic heterocycles. The Balaban J connectivity index is 0.00000121. The van der Waals surface area contributed by atoms with E-state index in [1.54, 1.807) is 7.11 Å². The summed E-state index contributed by atoms with van der Waals surface area (Å²) in [7, 11) is 1.63. The lowest BCUT2D eigenvalue weighted by Crippen LogP contribution is -1.92. The van der Waals surface area contributed by atoms with Gasteiger partial charge in [0.05, 0.1) is 11.6 Å². The molecule has 0 fully saturated rings. The van der Waals surface area contributed by atoms with Gasteiger partial charge in [0.25, 0.3) is 0 Å². The van der Waals surface area contributed by atoms with Gasteiger partial charge in [-0.2, -0.15) is 0 Å². The van der Waals surface area contributed by atoms with Crippen LogP contribution in [0.5, 0.6) is 5.75 Å². The van der Waals surface area contributed by atoms with Crippen LogP contribution in [0.2, 0.25) is 0 Å². The van der Waals surface area contributed by atoms with Crippen LogP contribution in [0.25, 0.3) is 0 Å². The van der Waals surface area contributed by atoms with Gasteiger partial charge in [0.1, 0.15) is 5.75 Å². The normalized spacial score (nSPS) is 8.92. The standard InChI is InChI=1S/C8H10BrNO.ClH/c1-5-3-8(11-2)6(9)4-7(5)10;/h3-4H,10H2,1-2H3;1H. The zero-order chi connectivity index (χ0) is 8.43. The highest BCUT2D eigenvalue weighted by molar-refractivity contribution is 9.10. The highest BCUT2D eigenvalue weighted by atomic mass is 79.9. The predicted molar refractivity (Wildman–Crippen MR) is 57.1 cm³/mol. The van der Waals surface area contributed by atoms with Gasteiger partial charge in [-0.25, -0.2) is 0 Å². The molecule has 0 heterocycles. The number of ether oxygens (including phenoxy) is 1. The Labute approximate surface area is 86.6 Å². The molecule has 12 heavy (non-hydrogen) atoms. The summed E-state index contributed by atoms with van der Waals surface area (Å²) in [6, 6.07) is 3.74. The third-order valence-corrected chi connectivity index (χ3v) is 2.16. The first-order chi connectivity index (χ1) is 5.15. The molecule has 0 saturated carbocycles. The smallest absolute Gasteiger partial charge is 0.133 e. The van der Waals surface area contributed by atoms with E-state index in [1.807, 2.05) is 19.1 Å². The maximum atomic E-state index is 5.66. The molecule has 4 heteroatoms. The number of aryl methyl sites for hydroxylation is 1. The Morgan fingerprint density at radius 3 is 2.50 bits per heavy atom. The topological polar surface area (TPSA) is 35.2 Å². The number of rotatable bonds is 1. The Morgan fingerprint density at radius 2 is 2.00 bits per heavy atom. The molecule has 1 rings (SSSR count). The minimum Gasteiger partial charge on any atom is -0.496 e. The van der Waals surface area contributed by atoms with Crippen LogP contribution in [0.3, 0.4) is 0 Å². The third-order valence-electron chi connectivity index (χ3n) is 1.54. The number of hydrogen-bond donors (Lipinski definition) is 1. The molecule has 0 radical (unpaired) electrons. The maximum absolute atomic E-state index is 5.66. The molecule has 1 aromatic carbocycles. The van der Waals surface area contributed by atoms with E-state index in [4.69, 9.17) is 10.5 Å². The van der Waals surface area contributed by atoms with Crippen molar-refractivity contribution < 1.29 is 4.74 Å². The van der Waals surface area contributed by atoms with E-state index in [1.165, 1.54) is 0 Å². The van der Waals surface area contributed by atoms with Crippen molar-refractivity contribution in [3.05, 3.63) is 22.2 Å². The lowest BCUT2D eigenvalue weighted by atomic mass is 10.2. The molecule has 0 aliphatic heterocycles. The number of anilines is 1. The summed E-state index contributed by atoms with van der Waals surface area (Å²) in [5, 5.41) is 0. The van der Waals surface area contributed by atoms with Crippen molar-refractivity contribution in [3.8, 4) is 5.75 Å². The first-order valence-corrected chi connectivity index (χ1v) is 4.04. The molecule has 68 valence electrons. The Bertz CT molecular complexity index is 278. The van der Waals surface area contributed by atoms with E-state index in [2.05, 4.69) is 15.9 Å². The summed E-state index contributed by atoms with van der Waals surface area (Å²) in [5.41, 5.74) is 7.47. The summed E-state index contributed by atoms with van der Waals surface area (Å²) in [4.78, 5) is 0. The van der Waals surface area contributed by atoms with Gasteiger partial charge in [0.2, 0.25) is 0 Å². The number of benzene rings is 1. The van der Waals surface area contributed by atoms with Gasteiger partial charge in [-0.05, 0) is 40.5 Å². The molecule has 2 N–H and O–H groups in total. The van der Waals surface area contributed by atoms with Crippen molar-refractivity contribution in [2.45, 2.75) is 6.92 Å². The molecule has 0 unspecified atom stereocenters. The van der Waals surface area contributed by atoms with Gasteiger partial charge in [-0.3, -0.25) is 0 Å². The fraction of sp³-hybridized carbons (Fsp3) is 0.250. The average Bonchev–Trinajstić information content (AvgIpc) is 1.97. The molecule has 0 amide bonds. The second-order valence-corrected chi connectivity index (χ2v) is 3.20. The van der Waals surface area contributed by atoms with Crippen LogP contribution >= 0.6 is 28.3 Å². The second kappa shape index (κ2) is 4.58. The lowest BCUT2D eigenvalue weighted by Gasteiger charge is -2.06. The minimum absolute atomic E-state index is 0. The Morgan fingerprint density at radius 1 is 1.42 bits per heavy atom. The van der Waals surface area contributed by atoms with Crippen LogP contribution < -0.4 is 10.5 Å². The van der Waals surface area contributed by atoms with E-state index < -0.39 is 0 Å². The number of nitrogen functional groups attached to an aromatic ring is 1. The summed E-state index contributed by atoms with van der Waals surface area (Å²) >= 11 is 3.34. The number of halogens is 2. The van der Waals surface area contributed by atoms with Crippen molar-refractivity contribution in [3.63, 3.8) is 0 Å². The first kappa shape index (κ1) is 11.6. The third kappa shape index (κ3) is 2.29. The van der Waals surface area contributed by atoms with Crippen LogP contribution in [-0.4, -0.2) is 7.11 Å². The van der Waals surface area contributed by atoms with Gasteiger partial charge in [0, 0.05) is 5.69 Å². The Hall–Kier alpha value is -0.410. The van der Waals surface area contributed by atoms with Crippen LogP contribution in [0, 0.1) is 6.92 Å². The molecule has 2 nitrogen and oxygen atoms in total. The van der Waals surface area contributed by atoms with E-state index >= 15 is 0 Å². The highest BCUT2D eigenvalue weighted by Crippen LogP contribution is 2.29. The fourth-order valence-corrected chi connectivity index (χ4v) is 1.35. The molecule has 0 aliphatic carbocycles. The van der Waals surface area contributed by atoms with E-state index in [-0.39, 0.29) is 12.4 Å². The van der Waals surface area contributed by atoms with E-state index in [0.29, 0.717) is 0 Å². The maximum Gasteiger partial charge on any atom is 0.133 e. The summed E-state index contributed by atoms with van der Waals surface area (Å²) < 4.78 is 5.97. The fourth-order valence-electron chi connectivity index (χ4n) is 0.827. The molecule has 0 atom stereocenters. The molecule has 1 aromatic rings. The van der Waals surface area contributed by atoms with E-state index in [0.717, 1.165) is 21.5 Å². The second-order valence-electron chi connectivity index (χ2n) is 2.34. The van der Waals surface area contributed by atoms with Gasteiger partial charge >= 0.3 is 0 Å². The molecule has 0 bridgehead atoms.